The number of ether oxygens (including phenoxy) is 3. The second-order valence-corrected chi connectivity index (χ2v) is 12.7. The van der Waals surface area contributed by atoms with Crippen LogP contribution in [0.15, 0.2) is 73.3 Å². The number of fused-ring (bicyclic) bond motifs is 1. The zero-order valence-electron chi connectivity index (χ0n) is 25.8. The molecule has 0 spiro atoms. The van der Waals surface area contributed by atoms with E-state index in [1.807, 2.05) is 38.1 Å². The minimum absolute atomic E-state index is 0.0551. The summed E-state index contributed by atoms with van der Waals surface area (Å²) in [6.45, 7) is 4.85. The average Bonchev–Trinajstić information content (AvgIpc) is 3.51. The van der Waals surface area contributed by atoms with Gasteiger partial charge in [0.05, 0.1) is 28.8 Å². The largest absolute Gasteiger partial charge is 0.496 e. The number of hydrogen-bond donors (Lipinski definition) is 2. The van der Waals surface area contributed by atoms with Crippen LogP contribution < -0.4 is 20.1 Å². The standard InChI is InChI=1S/C34H36ClFN4O5S/c1-22(2)32(46(41)42)19-37-13-5-11-34(12-6-14-45-34)27-17-26-29(18-31(27)43-3)38-21-39-33(26)40-25-9-10-30(28(35)16-25)44-20-23-7-4-8-24(36)15-23/h4,6-10,14-18,21-22,37H,5,11-13,19-20H2,1-3H3,(H,38,39,40). The fourth-order valence-electron chi connectivity index (χ4n) is 5.43. The van der Waals surface area contributed by atoms with Gasteiger partial charge < -0.3 is 24.8 Å². The SMILES string of the molecule is COc1cc2ncnc(Nc3ccc(OCc4cccc(F)c4)c(Cl)c3)c2cc1C1(CCCNCC(C(C)C)=S(=O)=O)CC=CO1. The van der Waals surface area contributed by atoms with Crippen LogP contribution in [-0.2, 0) is 27.2 Å². The van der Waals surface area contributed by atoms with Crippen molar-refractivity contribution in [2.24, 2.45) is 5.92 Å². The van der Waals surface area contributed by atoms with Gasteiger partial charge in [-0.05, 0) is 73.3 Å². The summed E-state index contributed by atoms with van der Waals surface area (Å²) in [5, 5.41) is 7.77. The van der Waals surface area contributed by atoms with Gasteiger partial charge in [0.1, 0.15) is 41.7 Å². The average molecular weight is 667 g/mol. The Labute approximate surface area is 274 Å². The quantitative estimate of drug-likeness (QED) is 0.109. The Morgan fingerprint density at radius 2 is 1.98 bits per heavy atom. The maximum absolute atomic E-state index is 13.5. The summed E-state index contributed by atoms with van der Waals surface area (Å²) < 4.78 is 54.5. The molecular weight excluding hydrogens is 631 g/mol. The molecule has 9 nitrogen and oxygen atoms in total. The third-order valence-electron chi connectivity index (χ3n) is 7.85. The summed E-state index contributed by atoms with van der Waals surface area (Å²) in [7, 11) is -0.596. The van der Waals surface area contributed by atoms with Crippen molar-refractivity contribution < 1.29 is 27.0 Å². The number of anilines is 2. The fraction of sp³-hybridized carbons (Fsp3) is 0.324. The van der Waals surface area contributed by atoms with Gasteiger partial charge in [0, 0.05) is 35.7 Å². The Balaban J connectivity index is 1.35. The van der Waals surface area contributed by atoms with Gasteiger partial charge in [-0.2, -0.15) is 8.42 Å². The minimum atomic E-state index is -2.22. The van der Waals surface area contributed by atoms with Crippen molar-refractivity contribution in [3.8, 4) is 11.5 Å². The molecular formula is C34H36ClFN4O5S. The van der Waals surface area contributed by atoms with Gasteiger partial charge >= 0.3 is 0 Å². The van der Waals surface area contributed by atoms with Crippen LogP contribution in [0.3, 0.4) is 0 Å². The first-order valence-corrected chi connectivity index (χ1v) is 16.4. The predicted octanol–water partition coefficient (Wildman–Crippen LogP) is 6.96. The number of methoxy groups -OCH3 is 1. The first kappa shape index (κ1) is 33.2. The molecule has 12 heteroatoms. The lowest BCUT2D eigenvalue weighted by Gasteiger charge is -2.31. The number of benzene rings is 3. The molecule has 5 rings (SSSR count). The Bertz CT molecular complexity index is 1870. The molecule has 0 saturated carbocycles. The van der Waals surface area contributed by atoms with Gasteiger partial charge in [0.15, 0.2) is 0 Å². The van der Waals surface area contributed by atoms with E-state index in [1.165, 1.54) is 18.5 Å². The number of nitrogens with zero attached hydrogens (tertiary/aromatic N) is 2. The highest BCUT2D eigenvalue weighted by Gasteiger charge is 2.38. The van der Waals surface area contributed by atoms with Crippen LogP contribution in [0.4, 0.5) is 15.9 Å². The van der Waals surface area contributed by atoms with E-state index < -0.39 is 15.9 Å². The summed E-state index contributed by atoms with van der Waals surface area (Å²) in [5.41, 5.74) is 2.26. The Hall–Kier alpha value is -4.19. The molecule has 0 aliphatic carbocycles. The van der Waals surface area contributed by atoms with E-state index in [0.717, 1.165) is 17.4 Å². The molecule has 46 heavy (non-hydrogen) atoms. The maximum Gasteiger partial charge on any atom is 0.214 e. The molecule has 1 atom stereocenters. The van der Waals surface area contributed by atoms with Crippen LogP contribution in [0.2, 0.25) is 5.02 Å². The number of halogens is 2. The predicted molar refractivity (Wildman–Crippen MR) is 179 cm³/mol. The minimum Gasteiger partial charge on any atom is -0.496 e. The van der Waals surface area contributed by atoms with Crippen molar-refractivity contribution in [1.82, 2.24) is 15.3 Å². The van der Waals surface area contributed by atoms with Gasteiger partial charge in [-0.1, -0.05) is 37.6 Å². The van der Waals surface area contributed by atoms with E-state index in [0.29, 0.717) is 69.9 Å². The van der Waals surface area contributed by atoms with Gasteiger partial charge in [0.2, 0.25) is 10.3 Å². The fourth-order valence-corrected chi connectivity index (χ4v) is 6.27. The molecule has 0 saturated heterocycles. The summed E-state index contributed by atoms with van der Waals surface area (Å²) >= 11 is 6.55. The van der Waals surface area contributed by atoms with Crippen molar-refractivity contribution in [2.75, 3.05) is 25.5 Å². The molecule has 2 heterocycles. The third-order valence-corrected chi connectivity index (χ3v) is 9.19. The molecule has 2 N–H and O–H groups in total. The van der Waals surface area contributed by atoms with Gasteiger partial charge in [0.25, 0.3) is 0 Å². The summed E-state index contributed by atoms with van der Waals surface area (Å²) in [6, 6.07) is 15.4. The number of aromatic nitrogens is 2. The van der Waals surface area contributed by atoms with E-state index in [9.17, 15) is 12.8 Å². The van der Waals surface area contributed by atoms with E-state index in [-0.39, 0.29) is 18.3 Å². The first-order valence-electron chi connectivity index (χ1n) is 14.9. The second kappa shape index (κ2) is 14.9. The van der Waals surface area contributed by atoms with Crippen molar-refractivity contribution >= 4 is 49.2 Å². The lowest BCUT2D eigenvalue weighted by Crippen LogP contribution is -2.30. The topological polar surface area (TPSA) is 112 Å². The van der Waals surface area contributed by atoms with E-state index in [2.05, 4.69) is 20.6 Å². The maximum atomic E-state index is 13.5. The highest BCUT2D eigenvalue weighted by Crippen LogP contribution is 2.45. The third kappa shape index (κ3) is 7.78. The zero-order chi connectivity index (χ0) is 32.7. The molecule has 1 unspecified atom stereocenters. The molecule has 0 radical (unpaired) electrons. The lowest BCUT2D eigenvalue weighted by molar-refractivity contribution is 0.0284. The molecule has 1 aliphatic rings. The normalized spacial score (nSPS) is 15.6. The molecule has 1 aromatic heterocycles. The van der Waals surface area contributed by atoms with Crippen LogP contribution in [0, 0.1) is 11.7 Å². The van der Waals surface area contributed by atoms with Crippen molar-refractivity contribution in [2.45, 2.75) is 45.3 Å². The number of hydrogen-bond acceptors (Lipinski definition) is 9. The molecule has 242 valence electrons. The monoisotopic (exact) mass is 666 g/mol. The van der Waals surface area contributed by atoms with Crippen LogP contribution in [0.5, 0.6) is 11.5 Å². The van der Waals surface area contributed by atoms with E-state index in [4.69, 9.17) is 25.8 Å². The molecule has 4 aromatic rings. The van der Waals surface area contributed by atoms with Crippen LogP contribution in [0.1, 0.15) is 44.2 Å². The Morgan fingerprint density at radius 3 is 2.67 bits per heavy atom. The Kier molecular flexibility index (Phi) is 10.8. The molecule has 0 bridgehead atoms. The second-order valence-electron chi connectivity index (χ2n) is 11.3. The number of rotatable bonds is 14. The molecule has 3 aromatic carbocycles. The highest BCUT2D eigenvalue weighted by molar-refractivity contribution is 7.73. The number of nitrogens with one attached hydrogen (secondary N) is 2. The van der Waals surface area contributed by atoms with Crippen LogP contribution in [-0.4, -0.2) is 43.4 Å². The summed E-state index contributed by atoms with van der Waals surface area (Å²) in [5.74, 6) is 1.31. The van der Waals surface area contributed by atoms with Crippen molar-refractivity contribution in [3.63, 3.8) is 0 Å². The van der Waals surface area contributed by atoms with Crippen LogP contribution >= 0.6 is 11.6 Å². The van der Waals surface area contributed by atoms with Gasteiger partial charge in [-0.25, -0.2) is 14.4 Å². The zero-order valence-corrected chi connectivity index (χ0v) is 27.4. The molecule has 0 fully saturated rings. The van der Waals surface area contributed by atoms with E-state index >= 15 is 0 Å². The Morgan fingerprint density at radius 1 is 1.13 bits per heavy atom. The smallest absolute Gasteiger partial charge is 0.214 e. The first-order chi connectivity index (χ1) is 22.2. The van der Waals surface area contributed by atoms with E-state index in [1.54, 1.807) is 37.6 Å². The van der Waals surface area contributed by atoms with Gasteiger partial charge in [-0.3, -0.25) is 0 Å². The van der Waals surface area contributed by atoms with Crippen LogP contribution in [0.25, 0.3) is 10.9 Å². The molecule has 1 aliphatic heterocycles. The summed E-state index contributed by atoms with van der Waals surface area (Å²) in [4.78, 5) is 9.46. The highest BCUT2D eigenvalue weighted by atomic mass is 35.5. The summed E-state index contributed by atoms with van der Waals surface area (Å²) in [6.07, 6.45) is 7.23. The lowest BCUT2D eigenvalue weighted by atomic mass is 9.85. The van der Waals surface area contributed by atoms with Crippen molar-refractivity contribution in [3.05, 3.63) is 95.2 Å². The van der Waals surface area contributed by atoms with Gasteiger partial charge in [-0.15, -0.1) is 0 Å². The van der Waals surface area contributed by atoms with Crippen molar-refractivity contribution in [1.29, 1.82) is 0 Å². The molecule has 0 amide bonds.